The molecule has 0 radical (unpaired) electrons. The van der Waals surface area contributed by atoms with Gasteiger partial charge >= 0.3 is 29.6 Å². The van der Waals surface area contributed by atoms with Crippen LogP contribution in [0.4, 0.5) is 10.2 Å². The predicted molar refractivity (Wildman–Crippen MR) is 95.2 cm³/mol. The molecule has 28 heavy (non-hydrogen) atoms. The van der Waals surface area contributed by atoms with Gasteiger partial charge in [0, 0.05) is 24.7 Å². The van der Waals surface area contributed by atoms with Gasteiger partial charge in [-0.3, -0.25) is 0 Å². The summed E-state index contributed by atoms with van der Waals surface area (Å²) in [7, 11) is 0. The van der Waals surface area contributed by atoms with Gasteiger partial charge in [0.15, 0.2) is 5.82 Å². The predicted octanol–water partition coefficient (Wildman–Crippen LogP) is -1.32. The van der Waals surface area contributed by atoms with Crippen molar-refractivity contribution in [1.29, 1.82) is 0 Å². The molecule has 0 N–H and O–H groups in total. The zero-order valence-electron chi connectivity index (χ0n) is 15.9. The molecule has 7 nitrogen and oxygen atoms in total. The van der Waals surface area contributed by atoms with E-state index in [1.165, 1.54) is 26.0 Å². The Morgan fingerprint density at radius 2 is 1.96 bits per heavy atom. The largest absolute Gasteiger partial charge is 1.00 e. The molecular weight excluding hydrogens is 400 g/mol. The number of anilines is 1. The van der Waals surface area contributed by atoms with Gasteiger partial charge in [-0.25, -0.2) is 9.37 Å². The van der Waals surface area contributed by atoms with Crippen LogP contribution >= 0.6 is 11.6 Å². The van der Waals surface area contributed by atoms with Crippen LogP contribution in [0, 0.1) is 5.82 Å². The van der Waals surface area contributed by atoms with Gasteiger partial charge in [0.1, 0.15) is 17.2 Å². The van der Waals surface area contributed by atoms with Crippen LogP contribution in [0.1, 0.15) is 13.8 Å². The van der Waals surface area contributed by atoms with Crippen molar-refractivity contribution in [2.24, 2.45) is 0 Å². The zero-order chi connectivity index (χ0) is 19.6. The molecule has 1 aromatic heterocycles. The molecule has 0 unspecified atom stereocenters. The van der Waals surface area contributed by atoms with E-state index in [2.05, 4.69) is 9.97 Å². The number of morpholine rings is 1. The van der Waals surface area contributed by atoms with Crippen molar-refractivity contribution in [3.05, 3.63) is 35.1 Å². The molecule has 1 saturated heterocycles. The van der Waals surface area contributed by atoms with E-state index < -0.39 is 17.4 Å². The number of halogens is 2. The number of hydrogen-bond donors (Lipinski definition) is 0. The minimum absolute atomic E-state index is 0. The van der Waals surface area contributed by atoms with Gasteiger partial charge in [-0.15, -0.1) is 0 Å². The maximum Gasteiger partial charge on any atom is 1.00 e. The van der Waals surface area contributed by atoms with Gasteiger partial charge in [-0.2, -0.15) is 4.98 Å². The van der Waals surface area contributed by atoms with Gasteiger partial charge in [0.25, 0.3) is 0 Å². The maximum absolute atomic E-state index is 13.9. The van der Waals surface area contributed by atoms with Crippen molar-refractivity contribution >= 4 is 23.4 Å². The van der Waals surface area contributed by atoms with E-state index >= 15 is 0 Å². The fraction of sp³-hybridized carbons (Fsp3) is 0.389. The van der Waals surface area contributed by atoms with Gasteiger partial charge in [0.05, 0.1) is 24.2 Å². The summed E-state index contributed by atoms with van der Waals surface area (Å²) >= 11 is 5.74. The van der Waals surface area contributed by atoms with E-state index in [0.717, 1.165) is 0 Å². The number of benzene rings is 1. The van der Waals surface area contributed by atoms with Crippen molar-refractivity contribution in [2.45, 2.75) is 19.4 Å². The van der Waals surface area contributed by atoms with E-state index in [9.17, 15) is 14.3 Å². The molecule has 0 spiro atoms. The Kier molecular flexibility index (Phi) is 7.64. The second-order valence-electron chi connectivity index (χ2n) is 6.52. The summed E-state index contributed by atoms with van der Waals surface area (Å²) in [6, 6.07) is 5.75. The van der Waals surface area contributed by atoms with Gasteiger partial charge < -0.3 is 24.3 Å². The van der Waals surface area contributed by atoms with Crippen molar-refractivity contribution in [3.8, 4) is 17.3 Å². The Balaban J connectivity index is 0.00000280. The number of carbonyl (C=O) groups is 1. The molecule has 3 rings (SSSR count). The summed E-state index contributed by atoms with van der Waals surface area (Å²) in [6.45, 7) is 5.01. The van der Waals surface area contributed by atoms with Gasteiger partial charge in [-0.05, 0) is 32.0 Å². The van der Waals surface area contributed by atoms with Crippen LogP contribution in [0.2, 0.25) is 5.02 Å². The van der Waals surface area contributed by atoms with Crippen molar-refractivity contribution in [3.63, 3.8) is 0 Å². The smallest absolute Gasteiger partial charge is 0.546 e. The van der Waals surface area contributed by atoms with Crippen LogP contribution in [-0.2, 0) is 9.53 Å². The quantitative estimate of drug-likeness (QED) is 0.558. The third-order valence-electron chi connectivity index (χ3n) is 4.05. The normalized spacial score (nSPS) is 14.4. The summed E-state index contributed by atoms with van der Waals surface area (Å²) in [4.78, 5) is 22.0. The molecule has 144 valence electrons. The Morgan fingerprint density at radius 1 is 1.29 bits per heavy atom. The van der Waals surface area contributed by atoms with Crippen LogP contribution < -0.4 is 44.3 Å². The number of carbonyl (C=O) groups excluding carboxylic acids is 1. The second-order valence-corrected chi connectivity index (χ2v) is 6.92. The summed E-state index contributed by atoms with van der Waals surface area (Å²) < 4.78 is 24.7. The molecule has 0 saturated carbocycles. The third kappa shape index (κ3) is 5.33. The number of carboxylic acids is 1. The molecule has 0 bridgehead atoms. The standard InChI is InChI=1S/C18H19ClFN3O4.Na/c1-18(2,17(24)25)27-15-10-14(23-5-7-26-8-6-23)21-16(22-15)11-3-4-12(19)13(20)9-11;/h3-4,9-10H,5-8H2,1-2H3,(H,24,25);/q;+1/p-1. The van der Waals surface area contributed by atoms with Crippen LogP contribution in [0.5, 0.6) is 5.88 Å². The first kappa shape index (κ1) is 22.8. The molecule has 10 heteroatoms. The molecule has 2 heterocycles. The van der Waals surface area contributed by atoms with E-state index in [1.54, 1.807) is 12.1 Å². The fourth-order valence-corrected chi connectivity index (χ4v) is 2.60. The topological polar surface area (TPSA) is 87.6 Å². The SMILES string of the molecule is CC(C)(Oc1cc(N2CCOCC2)nc(-c2ccc(Cl)c(F)c2)n1)C(=O)[O-].[Na+]. The van der Waals surface area contributed by atoms with Crippen LogP contribution in [0.25, 0.3) is 11.4 Å². The first-order valence-corrected chi connectivity index (χ1v) is 8.72. The van der Waals surface area contributed by atoms with E-state index in [0.29, 0.717) is 37.7 Å². The molecule has 1 fully saturated rings. The van der Waals surface area contributed by atoms with Gasteiger partial charge in [-0.1, -0.05) is 11.6 Å². The van der Waals surface area contributed by atoms with E-state index in [1.807, 2.05) is 4.90 Å². The van der Waals surface area contributed by atoms with Crippen molar-refractivity contribution in [2.75, 3.05) is 31.2 Å². The van der Waals surface area contributed by atoms with E-state index in [4.69, 9.17) is 21.1 Å². The molecule has 0 aliphatic carbocycles. The summed E-state index contributed by atoms with van der Waals surface area (Å²) in [5, 5.41) is 11.3. The Labute approximate surface area is 189 Å². The van der Waals surface area contributed by atoms with Crippen molar-refractivity contribution in [1.82, 2.24) is 9.97 Å². The average Bonchev–Trinajstić information content (AvgIpc) is 2.64. The number of aromatic nitrogens is 2. The second kappa shape index (κ2) is 9.37. The Bertz CT molecular complexity index is 863. The molecule has 1 aliphatic rings. The first-order chi connectivity index (χ1) is 12.8. The molecule has 2 aromatic rings. The Hall–Kier alpha value is -1.45. The monoisotopic (exact) mass is 417 g/mol. The number of nitrogens with zero attached hydrogens (tertiary/aromatic N) is 3. The molecule has 0 atom stereocenters. The molecule has 1 aromatic carbocycles. The van der Waals surface area contributed by atoms with Crippen LogP contribution in [-0.4, -0.2) is 47.8 Å². The zero-order valence-corrected chi connectivity index (χ0v) is 18.6. The molecular formula is C18H18ClFN3NaO4. The minimum Gasteiger partial charge on any atom is -0.546 e. The third-order valence-corrected chi connectivity index (χ3v) is 4.36. The first-order valence-electron chi connectivity index (χ1n) is 8.34. The number of rotatable bonds is 5. The average molecular weight is 418 g/mol. The molecule has 0 amide bonds. The minimum atomic E-state index is -1.60. The Morgan fingerprint density at radius 3 is 2.57 bits per heavy atom. The van der Waals surface area contributed by atoms with E-state index in [-0.39, 0.29) is 46.3 Å². The van der Waals surface area contributed by atoms with Crippen LogP contribution in [0.3, 0.4) is 0 Å². The molecule has 1 aliphatic heterocycles. The summed E-state index contributed by atoms with van der Waals surface area (Å²) in [6.07, 6.45) is 0. The summed E-state index contributed by atoms with van der Waals surface area (Å²) in [5.74, 6) is -1.22. The van der Waals surface area contributed by atoms with Crippen LogP contribution in [0.15, 0.2) is 24.3 Å². The maximum atomic E-state index is 13.9. The number of hydrogen-bond acceptors (Lipinski definition) is 7. The van der Waals surface area contributed by atoms with Gasteiger partial charge in [0.2, 0.25) is 5.88 Å². The fourth-order valence-electron chi connectivity index (χ4n) is 2.49. The van der Waals surface area contributed by atoms with Crippen molar-refractivity contribution < 1.29 is 53.3 Å². The number of aliphatic carboxylic acids is 1. The number of ether oxygens (including phenoxy) is 2. The number of carboxylic acid groups (broad SMARTS) is 1. The summed E-state index contributed by atoms with van der Waals surface area (Å²) in [5.41, 5.74) is -1.21.